The molecule has 0 bridgehead atoms. The van der Waals surface area contributed by atoms with Crippen molar-refractivity contribution in [3.05, 3.63) is 34.9 Å². The zero-order valence-corrected chi connectivity index (χ0v) is 15.0. The van der Waals surface area contributed by atoms with Gasteiger partial charge in [-0.2, -0.15) is 0 Å². The number of carbonyl (C=O) groups excluding carboxylic acids is 2. The summed E-state index contributed by atoms with van der Waals surface area (Å²) in [6, 6.07) is 6.78. The summed E-state index contributed by atoms with van der Waals surface area (Å²) >= 11 is 5.90. The molecule has 1 aromatic carbocycles. The molecule has 5 nitrogen and oxygen atoms in total. The fraction of sp³-hybridized carbons (Fsp3) is 0.556. The Balaban J connectivity index is 1.98. The van der Waals surface area contributed by atoms with Crippen molar-refractivity contribution in [1.82, 2.24) is 10.2 Å². The maximum Gasteiger partial charge on any atom is 0.242 e. The van der Waals surface area contributed by atoms with Gasteiger partial charge in [0.05, 0.1) is 6.10 Å². The van der Waals surface area contributed by atoms with Crippen molar-refractivity contribution in [3.63, 3.8) is 0 Å². The summed E-state index contributed by atoms with van der Waals surface area (Å²) in [5.74, 6) is -0.203. The van der Waals surface area contributed by atoms with Crippen molar-refractivity contribution in [2.75, 3.05) is 13.2 Å². The number of nitrogens with zero attached hydrogens (tertiary/aromatic N) is 1. The second kappa shape index (κ2) is 9.04. The summed E-state index contributed by atoms with van der Waals surface area (Å²) in [5, 5.41) is 3.55. The number of nitrogens with one attached hydrogen (secondary N) is 1. The van der Waals surface area contributed by atoms with Gasteiger partial charge in [0.25, 0.3) is 0 Å². The summed E-state index contributed by atoms with van der Waals surface area (Å²) in [5.41, 5.74) is 0.944. The van der Waals surface area contributed by atoms with E-state index in [1.807, 2.05) is 12.1 Å². The Morgan fingerprint density at radius 2 is 2.08 bits per heavy atom. The van der Waals surface area contributed by atoms with Gasteiger partial charge in [-0.1, -0.05) is 30.7 Å². The van der Waals surface area contributed by atoms with E-state index in [2.05, 4.69) is 5.32 Å². The molecule has 0 spiro atoms. The maximum absolute atomic E-state index is 12.4. The van der Waals surface area contributed by atoms with E-state index in [9.17, 15) is 9.59 Å². The number of halogens is 1. The second-order valence-corrected chi connectivity index (χ2v) is 6.49. The number of amides is 2. The topological polar surface area (TPSA) is 58.6 Å². The van der Waals surface area contributed by atoms with Crippen molar-refractivity contribution in [2.45, 2.75) is 51.8 Å². The monoisotopic (exact) mass is 352 g/mol. The first kappa shape index (κ1) is 18.7. The number of rotatable bonds is 7. The third-order valence-electron chi connectivity index (χ3n) is 4.26. The van der Waals surface area contributed by atoms with Crippen LogP contribution in [0.5, 0.6) is 0 Å². The van der Waals surface area contributed by atoms with Crippen LogP contribution in [0.15, 0.2) is 24.3 Å². The molecule has 1 fully saturated rings. The number of hydrogen-bond acceptors (Lipinski definition) is 3. The van der Waals surface area contributed by atoms with Crippen molar-refractivity contribution in [2.24, 2.45) is 0 Å². The van der Waals surface area contributed by atoms with Crippen LogP contribution in [0.25, 0.3) is 0 Å². The normalized spacial score (nSPS) is 18.2. The van der Waals surface area contributed by atoms with Gasteiger partial charge in [0.1, 0.15) is 6.04 Å². The van der Waals surface area contributed by atoms with E-state index in [1.165, 1.54) is 0 Å². The van der Waals surface area contributed by atoms with Gasteiger partial charge in [0, 0.05) is 31.1 Å². The van der Waals surface area contributed by atoms with Crippen LogP contribution < -0.4 is 5.32 Å². The molecule has 2 unspecified atom stereocenters. The molecule has 0 saturated carbocycles. The van der Waals surface area contributed by atoms with Crippen LogP contribution in [0.1, 0.15) is 38.7 Å². The largest absolute Gasteiger partial charge is 0.376 e. The molecular weight excluding hydrogens is 328 g/mol. The molecule has 1 N–H and O–H groups in total. The van der Waals surface area contributed by atoms with Gasteiger partial charge >= 0.3 is 0 Å². The third kappa shape index (κ3) is 5.21. The minimum Gasteiger partial charge on any atom is -0.376 e. The van der Waals surface area contributed by atoms with Gasteiger partial charge in [-0.05, 0) is 37.5 Å². The number of carbonyl (C=O) groups is 2. The molecule has 0 aromatic heterocycles. The minimum absolute atomic E-state index is 0.0512. The highest BCUT2D eigenvalue weighted by Crippen LogP contribution is 2.15. The highest BCUT2D eigenvalue weighted by molar-refractivity contribution is 6.30. The molecular formula is C18H25ClN2O3. The molecule has 2 atom stereocenters. The lowest BCUT2D eigenvalue weighted by Crippen LogP contribution is -2.48. The Kier molecular flexibility index (Phi) is 7.06. The lowest BCUT2D eigenvalue weighted by atomic mass is 10.1. The molecule has 0 radical (unpaired) electrons. The van der Waals surface area contributed by atoms with Crippen LogP contribution >= 0.6 is 11.6 Å². The van der Waals surface area contributed by atoms with Gasteiger partial charge < -0.3 is 15.0 Å². The summed E-state index contributed by atoms with van der Waals surface area (Å²) in [6.07, 6.45) is 2.45. The van der Waals surface area contributed by atoms with E-state index in [-0.39, 0.29) is 17.9 Å². The van der Waals surface area contributed by atoms with E-state index < -0.39 is 6.04 Å². The van der Waals surface area contributed by atoms with Crippen LogP contribution in [-0.2, 0) is 20.9 Å². The van der Waals surface area contributed by atoms with Crippen molar-refractivity contribution in [3.8, 4) is 0 Å². The van der Waals surface area contributed by atoms with Crippen molar-refractivity contribution < 1.29 is 14.3 Å². The van der Waals surface area contributed by atoms with E-state index in [4.69, 9.17) is 16.3 Å². The Labute approximate surface area is 148 Å². The molecule has 2 rings (SSSR count). The van der Waals surface area contributed by atoms with Crippen LogP contribution in [0, 0.1) is 0 Å². The molecule has 24 heavy (non-hydrogen) atoms. The molecule has 1 aliphatic rings. The van der Waals surface area contributed by atoms with Gasteiger partial charge in [-0.15, -0.1) is 0 Å². The van der Waals surface area contributed by atoms with Crippen LogP contribution in [0.4, 0.5) is 0 Å². The van der Waals surface area contributed by atoms with Gasteiger partial charge in [0.2, 0.25) is 11.8 Å². The predicted octanol–water partition coefficient (Wildman–Crippen LogP) is 2.76. The Morgan fingerprint density at radius 1 is 1.38 bits per heavy atom. The summed E-state index contributed by atoms with van der Waals surface area (Å²) in [7, 11) is 0. The van der Waals surface area contributed by atoms with E-state index >= 15 is 0 Å². The zero-order chi connectivity index (χ0) is 17.5. The highest BCUT2D eigenvalue weighted by Gasteiger charge is 2.26. The fourth-order valence-electron chi connectivity index (χ4n) is 2.74. The number of hydrogen-bond donors (Lipinski definition) is 1. The molecule has 6 heteroatoms. The minimum atomic E-state index is -0.533. The van der Waals surface area contributed by atoms with Crippen LogP contribution in [0.3, 0.4) is 0 Å². The highest BCUT2D eigenvalue weighted by atomic mass is 35.5. The lowest BCUT2D eigenvalue weighted by molar-refractivity contribution is -0.140. The summed E-state index contributed by atoms with van der Waals surface area (Å²) < 4.78 is 5.51. The first-order chi connectivity index (χ1) is 11.5. The summed E-state index contributed by atoms with van der Waals surface area (Å²) in [6.45, 7) is 5.20. The first-order valence-electron chi connectivity index (χ1n) is 8.44. The van der Waals surface area contributed by atoms with Gasteiger partial charge in [-0.25, -0.2) is 0 Å². The van der Waals surface area contributed by atoms with Crippen molar-refractivity contribution in [1.29, 1.82) is 0 Å². The van der Waals surface area contributed by atoms with E-state index in [0.29, 0.717) is 24.5 Å². The van der Waals surface area contributed by atoms with Crippen molar-refractivity contribution >= 4 is 23.4 Å². The Morgan fingerprint density at radius 3 is 2.67 bits per heavy atom. The van der Waals surface area contributed by atoms with Gasteiger partial charge in [0.15, 0.2) is 0 Å². The second-order valence-electron chi connectivity index (χ2n) is 6.06. The third-order valence-corrected chi connectivity index (χ3v) is 4.52. The standard InChI is InChI=1S/C18H25ClN2O3/c1-3-17(22)21(12-14-6-8-15(19)9-7-14)13(2)18(23)20-11-16-5-4-10-24-16/h6-9,13,16H,3-5,10-12H2,1-2H3,(H,20,23). The first-order valence-corrected chi connectivity index (χ1v) is 8.82. The Hall–Kier alpha value is -1.59. The lowest BCUT2D eigenvalue weighted by Gasteiger charge is -2.28. The molecule has 2 amide bonds. The Bertz CT molecular complexity index is 556. The molecule has 1 aliphatic heterocycles. The van der Waals surface area contributed by atoms with E-state index in [1.54, 1.807) is 30.9 Å². The fourth-order valence-corrected chi connectivity index (χ4v) is 2.87. The smallest absolute Gasteiger partial charge is 0.242 e. The SMILES string of the molecule is CCC(=O)N(Cc1ccc(Cl)cc1)C(C)C(=O)NCC1CCCO1. The average molecular weight is 353 g/mol. The number of benzene rings is 1. The van der Waals surface area contributed by atoms with Crippen LogP contribution in [-0.4, -0.2) is 42.0 Å². The molecule has 1 heterocycles. The van der Waals surface area contributed by atoms with Gasteiger partial charge in [-0.3, -0.25) is 9.59 Å². The van der Waals surface area contributed by atoms with E-state index in [0.717, 1.165) is 25.0 Å². The molecule has 132 valence electrons. The predicted molar refractivity (Wildman–Crippen MR) is 93.7 cm³/mol. The average Bonchev–Trinajstić information content (AvgIpc) is 3.11. The quantitative estimate of drug-likeness (QED) is 0.820. The molecule has 1 saturated heterocycles. The summed E-state index contributed by atoms with van der Waals surface area (Å²) in [4.78, 5) is 26.3. The van der Waals surface area contributed by atoms with Crippen LogP contribution in [0.2, 0.25) is 5.02 Å². The number of ether oxygens (including phenoxy) is 1. The maximum atomic E-state index is 12.4. The molecule has 0 aliphatic carbocycles. The zero-order valence-electron chi connectivity index (χ0n) is 14.3. The molecule has 1 aromatic rings.